The Balaban J connectivity index is 1.82. The topological polar surface area (TPSA) is 123 Å². The summed E-state index contributed by atoms with van der Waals surface area (Å²) >= 11 is 6.66. The van der Waals surface area contributed by atoms with E-state index in [4.69, 9.17) is 4.74 Å². The van der Waals surface area contributed by atoms with E-state index in [2.05, 4.69) is 48.0 Å². The van der Waals surface area contributed by atoms with E-state index in [-0.39, 0.29) is 29.2 Å². The van der Waals surface area contributed by atoms with Gasteiger partial charge in [-0.05, 0) is 30.3 Å². The number of nitro groups is 1. The summed E-state index contributed by atoms with van der Waals surface area (Å²) in [6.45, 7) is 1.78. The molecule has 0 bridgehead atoms. The van der Waals surface area contributed by atoms with Gasteiger partial charge in [-0.25, -0.2) is 4.98 Å². The third kappa shape index (κ3) is 5.19. The van der Waals surface area contributed by atoms with Crippen molar-refractivity contribution < 1.29 is 9.66 Å². The van der Waals surface area contributed by atoms with Crippen LogP contribution < -0.4 is 10.3 Å². The minimum Gasteiger partial charge on any atom is -0.481 e. The molecule has 3 aromatic carbocycles. The van der Waals surface area contributed by atoms with Crippen molar-refractivity contribution in [3.05, 3.63) is 107 Å². The first kappa shape index (κ1) is 25.2. The number of halogens is 2. The smallest absolute Gasteiger partial charge is 0.312 e. The molecule has 0 aliphatic carbocycles. The van der Waals surface area contributed by atoms with Crippen LogP contribution >= 0.6 is 31.9 Å². The molecule has 4 rings (SSSR count). The van der Waals surface area contributed by atoms with Gasteiger partial charge < -0.3 is 4.74 Å². The predicted octanol–water partition coefficient (Wildman–Crippen LogP) is 5.72. The van der Waals surface area contributed by atoms with E-state index in [0.717, 1.165) is 4.47 Å². The summed E-state index contributed by atoms with van der Waals surface area (Å²) in [6.07, 6.45) is 1.76. The molecule has 1 heterocycles. The summed E-state index contributed by atoms with van der Waals surface area (Å²) in [6, 6.07) is 17.0. The van der Waals surface area contributed by atoms with E-state index >= 15 is 0 Å². The number of rotatable bonds is 7. The fourth-order valence-corrected chi connectivity index (χ4v) is 4.38. The highest BCUT2D eigenvalue weighted by Crippen LogP contribution is 2.34. The maximum atomic E-state index is 13.2. The lowest BCUT2D eigenvalue weighted by atomic mass is 10.1. The van der Waals surface area contributed by atoms with Gasteiger partial charge in [0.1, 0.15) is 12.4 Å². The number of aromatic nitrogens is 2. The summed E-state index contributed by atoms with van der Waals surface area (Å²) in [4.78, 5) is 29.0. The number of hydrogen-bond donors (Lipinski definition) is 0. The highest BCUT2D eigenvalue weighted by molar-refractivity contribution is 9.10. The van der Waals surface area contributed by atoms with E-state index < -0.39 is 4.92 Å². The monoisotopic (exact) mass is 609 g/mol. The third-order valence-electron chi connectivity index (χ3n) is 5.27. The highest BCUT2D eigenvalue weighted by Gasteiger charge is 2.21. The van der Waals surface area contributed by atoms with Crippen LogP contribution in [0.4, 0.5) is 5.69 Å². The molecule has 11 heteroatoms. The normalized spacial score (nSPS) is 11.1. The quantitative estimate of drug-likeness (QED) is 0.150. The molecule has 0 aliphatic rings. The van der Waals surface area contributed by atoms with Crippen molar-refractivity contribution in [3.63, 3.8) is 0 Å². The zero-order valence-corrected chi connectivity index (χ0v) is 22.0. The molecule has 0 saturated carbocycles. The van der Waals surface area contributed by atoms with Gasteiger partial charge in [-0.15, -0.1) is 0 Å². The van der Waals surface area contributed by atoms with Crippen molar-refractivity contribution in [2.45, 2.75) is 20.0 Å². The van der Waals surface area contributed by atoms with Crippen LogP contribution in [0.25, 0.3) is 10.9 Å². The number of nitriles is 1. The molecule has 0 fully saturated rings. The predicted molar refractivity (Wildman–Crippen MR) is 142 cm³/mol. The molecule has 0 N–H and O–H groups in total. The first-order valence-electron chi connectivity index (χ1n) is 10.7. The molecule has 4 aromatic rings. The first-order valence-corrected chi connectivity index (χ1v) is 12.2. The van der Waals surface area contributed by atoms with Crippen molar-refractivity contribution in [1.82, 2.24) is 9.66 Å². The van der Waals surface area contributed by atoms with Gasteiger partial charge in [0.2, 0.25) is 5.75 Å². The van der Waals surface area contributed by atoms with Crippen LogP contribution in [-0.4, -0.2) is 20.8 Å². The molecule has 0 spiro atoms. The van der Waals surface area contributed by atoms with Gasteiger partial charge in [-0.2, -0.15) is 15.0 Å². The molecule has 1 aromatic heterocycles. The van der Waals surface area contributed by atoms with Gasteiger partial charge in [-0.3, -0.25) is 14.9 Å². The minimum atomic E-state index is -0.563. The molecule has 0 unspecified atom stereocenters. The van der Waals surface area contributed by atoms with Crippen molar-refractivity contribution in [2.24, 2.45) is 5.10 Å². The van der Waals surface area contributed by atoms with E-state index in [9.17, 15) is 20.2 Å². The summed E-state index contributed by atoms with van der Waals surface area (Å²) in [7, 11) is 0. The zero-order valence-electron chi connectivity index (χ0n) is 18.8. The standard InChI is InChI=1S/C25H17Br2N5O4/c1-2-23-30-21-8-7-18(26)10-20(21)25(33)31(23)29-13-17-9-19(27)11-22(32(34)35)24(17)36-14-16-6-4-3-5-15(16)12-28/h3-11,13H,2,14H2,1H3. The maximum Gasteiger partial charge on any atom is 0.312 e. The van der Waals surface area contributed by atoms with Crippen LogP contribution in [-0.2, 0) is 13.0 Å². The summed E-state index contributed by atoms with van der Waals surface area (Å²) < 4.78 is 8.20. The van der Waals surface area contributed by atoms with Crippen LogP contribution in [0.15, 0.2) is 73.4 Å². The van der Waals surface area contributed by atoms with Crippen LogP contribution in [0, 0.1) is 21.4 Å². The van der Waals surface area contributed by atoms with Crippen LogP contribution in [0.1, 0.15) is 29.4 Å². The molecule has 36 heavy (non-hydrogen) atoms. The number of ether oxygens (including phenoxy) is 1. The van der Waals surface area contributed by atoms with Crippen LogP contribution in [0.3, 0.4) is 0 Å². The Kier molecular flexibility index (Phi) is 7.57. The number of nitrogens with zero attached hydrogens (tertiary/aromatic N) is 5. The Morgan fingerprint density at radius 2 is 1.97 bits per heavy atom. The van der Waals surface area contributed by atoms with Gasteiger partial charge in [0, 0.05) is 32.6 Å². The second-order valence-electron chi connectivity index (χ2n) is 7.56. The number of benzene rings is 3. The Morgan fingerprint density at radius 3 is 2.69 bits per heavy atom. The Morgan fingerprint density at radius 1 is 1.19 bits per heavy atom. The first-order chi connectivity index (χ1) is 17.3. The molecule has 0 atom stereocenters. The number of fused-ring (bicyclic) bond motifs is 1. The Labute approximate surface area is 222 Å². The summed E-state index contributed by atoms with van der Waals surface area (Å²) in [5.74, 6) is 0.392. The average Bonchev–Trinajstić information content (AvgIpc) is 2.87. The third-order valence-corrected chi connectivity index (χ3v) is 6.22. The van der Waals surface area contributed by atoms with Crippen LogP contribution in [0.5, 0.6) is 5.75 Å². The van der Waals surface area contributed by atoms with Gasteiger partial charge in [0.15, 0.2) is 0 Å². The van der Waals surface area contributed by atoms with E-state index in [1.54, 1.807) is 48.5 Å². The summed E-state index contributed by atoms with van der Waals surface area (Å²) in [5.41, 5.74) is 1.14. The van der Waals surface area contributed by atoms with Crippen molar-refractivity contribution >= 4 is 54.7 Å². The Hall–Kier alpha value is -3.88. The van der Waals surface area contributed by atoms with Crippen molar-refractivity contribution in [1.29, 1.82) is 5.26 Å². The fraction of sp³-hybridized carbons (Fsp3) is 0.120. The second kappa shape index (κ2) is 10.8. The Bertz CT molecular complexity index is 1630. The van der Waals surface area contributed by atoms with E-state index in [0.29, 0.717) is 38.7 Å². The zero-order chi connectivity index (χ0) is 25.8. The molecule has 0 radical (unpaired) electrons. The minimum absolute atomic E-state index is 0.0396. The molecule has 180 valence electrons. The number of aryl methyl sites for hydroxylation is 1. The molecule has 0 amide bonds. The van der Waals surface area contributed by atoms with Gasteiger partial charge >= 0.3 is 5.69 Å². The number of nitro benzene ring substituents is 1. The van der Waals surface area contributed by atoms with Crippen LogP contribution in [0.2, 0.25) is 0 Å². The lowest BCUT2D eigenvalue weighted by Gasteiger charge is -2.12. The maximum absolute atomic E-state index is 13.2. The fourth-order valence-electron chi connectivity index (χ4n) is 3.56. The van der Waals surface area contributed by atoms with E-state index in [1.807, 2.05) is 6.92 Å². The molecule has 9 nitrogen and oxygen atoms in total. The van der Waals surface area contributed by atoms with Gasteiger partial charge in [-0.1, -0.05) is 57.0 Å². The van der Waals surface area contributed by atoms with Crippen molar-refractivity contribution in [3.8, 4) is 11.8 Å². The van der Waals surface area contributed by atoms with E-state index in [1.165, 1.54) is 17.0 Å². The molecule has 0 aliphatic heterocycles. The van der Waals surface area contributed by atoms with Gasteiger partial charge in [0.05, 0.1) is 33.7 Å². The van der Waals surface area contributed by atoms with Gasteiger partial charge in [0.25, 0.3) is 5.56 Å². The summed E-state index contributed by atoms with van der Waals surface area (Å²) in [5, 5.41) is 25.9. The second-order valence-corrected chi connectivity index (χ2v) is 9.39. The molecular formula is C25H17Br2N5O4. The molecular weight excluding hydrogens is 594 g/mol. The lowest BCUT2D eigenvalue weighted by molar-refractivity contribution is -0.386. The average molecular weight is 611 g/mol. The number of hydrogen-bond acceptors (Lipinski definition) is 7. The van der Waals surface area contributed by atoms with Crippen molar-refractivity contribution in [2.75, 3.05) is 0 Å². The highest BCUT2D eigenvalue weighted by atomic mass is 79.9. The SMILES string of the molecule is CCc1nc2ccc(Br)cc2c(=O)n1N=Cc1cc(Br)cc([N+](=O)[O-])c1OCc1ccccc1C#N. The lowest BCUT2D eigenvalue weighted by Crippen LogP contribution is -2.22. The largest absolute Gasteiger partial charge is 0.481 e. The molecule has 0 saturated heterocycles.